The smallest absolute Gasteiger partial charge is 0.132 e. The molecule has 0 aliphatic heterocycles. The van der Waals surface area contributed by atoms with Crippen LogP contribution in [0.4, 0.5) is 4.39 Å². The molecule has 0 aliphatic rings. The van der Waals surface area contributed by atoms with Gasteiger partial charge in [-0.2, -0.15) is 5.10 Å². The third-order valence-electron chi connectivity index (χ3n) is 2.87. The van der Waals surface area contributed by atoms with Crippen LogP contribution in [0.25, 0.3) is 11.3 Å². The molecular weight excluding hydrogens is 231 g/mol. The van der Waals surface area contributed by atoms with E-state index in [1.807, 2.05) is 31.6 Å². The number of rotatable bonds is 3. The molecule has 96 valence electrons. The number of aryl methyl sites for hydroxylation is 1. The van der Waals surface area contributed by atoms with Crippen LogP contribution in [0.2, 0.25) is 0 Å². The molecule has 1 aromatic heterocycles. The number of hydrogen-bond donors (Lipinski definition) is 0. The Balaban J connectivity index is 2.54. The van der Waals surface area contributed by atoms with Gasteiger partial charge in [-0.05, 0) is 44.5 Å². The van der Waals surface area contributed by atoms with Gasteiger partial charge < -0.3 is 4.74 Å². The number of ether oxygens (including phenoxy) is 1. The van der Waals surface area contributed by atoms with Crippen LogP contribution in [0.5, 0.6) is 5.75 Å². The molecular formula is C14H17FN2O. The lowest BCUT2D eigenvalue weighted by Gasteiger charge is -2.06. The molecule has 0 N–H and O–H groups in total. The third kappa shape index (κ3) is 2.23. The monoisotopic (exact) mass is 248 g/mol. The maximum Gasteiger partial charge on any atom is 0.132 e. The van der Waals surface area contributed by atoms with Gasteiger partial charge in [0.15, 0.2) is 0 Å². The number of methoxy groups -OCH3 is 1. The minimum Gasteiger partial charge on any atom is -0.497 e. The molecule has 0 saturated heterocycles. The summed E-state index contributed by atoms with van der Waals surface area (Å²) in [5, 5.41) is 4.44. The fourth-order valence-electron chi connectivity index (χ4n) is 1.83. The fraction of sp³-hybridized carbons (Fsp3) is 0.357. The van der Waals surface area contributed by atoms with Crippen molar-refractivity contribution in [3.63, 3.8) is 0 Å². The van der Waals surface area contributed by atoms with Crippen LogP contribution in [-0.2, 0) is 0 Å². The van der Waals surface area contributed by atoms with Gasteiger partial charge in [0.05, 0.1) is 12.8 Å². The van der Waals surface area contributed by atoms with Crippen molar-refractivity contribution in [1.29, 1.82) is 0 Å². The van der Waals surface area contributed by atoms with Gasteiger partial charge in [-0.25, -0.2) is 4.39 Å². The summed E-state index contributed by atoms with van der Waals surface area (Å²) in [4.78, 5) is 0. The van der Waals surface area contributed by atoms with Crippen molar-refractivity contribution in [3.8, 4) is 17.0 Å². The predicted molar refractivity (Wildman–Crippen MR) is 69.3 cm³/mol. The number of halogens is 1. The Morgan fingerprint density at radius 3 is 2.61 bits per heavy atom. The Kier molecular flexibility index (Phi) is 3.36. The Morgan fingerprint density at radius 1 is 1.33 bits per heavy atom. The lowest BCUT2D eigenvalue weighted by atomic mass is 10.1. The van der Waals surface area contributed by atoms with Crippen LogP contribution in [0.3, 0.4) is 0 Å². The molecule has 0 bridgehead atoms. The van der Waals surface area contributed by atoms with Gasteiger partial charge >= 0.3 is 0 Å². The SMILES string of the molecule is COc1ccc(F)c(-c2nn(C(C)C)cc2C)c1. The van der Waals surface area contributed by atoms with E-state index < -0.39 is 0 Å². The summed E-state index contributed by atoms with van der Waals surface area (Å²) in [6.45, 7) is 6.01. The molecule has 0 unspecified atom stereocenters. The summed E-state index contributed by atoms with van der Waals surface area (Å²) in [5.74, 6) is 0.345. The lowest BCUT2D eigenvalue weighted by molar-refractivity contribution is 0.414. The van der Waals surface area contributed by atoms with E-state index in [9.17, 15) is 4.39 Å². The van der Waals surface area contributed by atoms with Gasteiger partial charge in [-0.15, -0.1) is 0 Å². The van der Waals surface area contributed by atoms with Crippen molar-refractivity contribution in [1.82, 2.24) is 9.78 Å². The number of benzene rings is 1. The first-order valence-electron chi connectivity index (χ1n) is 5.92. The minimum absolute atomic E-state index is 0.256. The van der Waals surface area contributed by atoms with Crippen molar-refractivity contribution >= 4 is 0 Å². The zero-order valence-corrected chi connectivity index (χ0v) is 11.1. The van der Waals surface area contributed by atoms with Gasteiger partial charge in [0.25, 0.3) is 0 Å². The Bertz CT molecular complexity index is 561. The maximum absolute atomic E-state index is 13.9. The second kappa shape index (κ2) is 4.80. The van der Waals surface area contributed by atoms with E-state index in [1.165, 1.54) is 6.07 Å². The standard InChI is InChI=1S/C14H17FN2O/c1-9(2)17-8-10(3)14(16-17)12-7-11(18-4)5-6-13(12)15/h5-9H,1-4H3. The molecule has 0 aliphatic carbocycles. The van der Waals surface area contributed by atoms with E-state index in [4.69, 9.17) is 4.74 Å². The van der Waals surface area contributed by atoms with Gasteiger partial charge in [0.1, 0.15) is 11.6 Å². The second-order valence-corrected chi connectivity index (χ2v) is 4.58. The lowest BCUT2D eigenvalue weighted by Crippen LogP contribution is -2.01. The van der Waals surface area contributed by atoms with Crippen molar-refractivity contribution in [3.05, 3.63) is 35.8 Å². The van der Waals surface area contributed by atoms with E-state index in [2.05, 4.69) is 5.10 Å². The van der Waals surface area contributed by atoms with Crippen molar-refractivity contribution < 1.29 is 9.13 Å². The van der Waals surface area contributed by atoms with E-state index >= 15 is 0 Å². The summed E-state index contributed by atoms with van der Waals surface area (Å²) in [5.41, 5.74) is 2.10. The van der Waals surface area contributed by atoms with Gasteiger partial charge in [0.2, 0.25) is 0 Å². The molecule has 2 aromatic rings. The summed E-state index contributed by atoms with van der Waals surface area (Å²) in [7, 11) is 1.57. The maximum atomic E-state index is 13.9. The van der Waals surface area contributed by atoms with E-state index in [1.54, 1.807) is 19.2 Å². The highest BCUT2D eigenvalue weighted by molar-refractivity contribution is 5.65. The van der Waals surface area contributed by atoms with Gasteiger partial charge in [0, 0.05) is 17.8 Å². The average molecular weight is 248 g/mol. The molecule has 0 spiro atoms. The molecule has 1 heterocycles. The van der Waals surface area contributed by atoms with Crippen LogP contribution in [0.15, 0.2) is 24.4 Å². The summed E-state index contributed by atoms with van der Waals surface area (Å²) < 4.78 is 20.8. The Labute approximate surface area is 106 Å². The molecule has 4 heteroatoms. The molecule has 18 heavy (non-hydrogen) atoms. The molecule has 2 rings (SSSR count). The fourth-order valence-corrected chi connectivity index (χ4v) is 1.83. The molecule has 1 aromatic carbocycles. The summed E-state index contributed by atoms with van der Waals surface area (Å²) >= 11 is 0. The molecule has 0 atom stereocenters. The third-order valence-corrected chi connectivity index (χ3v) is 2.87. The van der Waals surface area contributed by atoms with Crippen LogP contribution in [0, 0.1) is 12.7 Å². The number of nitrogens with zero attached hydrogens (tertiary/aromatic N) is 2. The largest absolute Gasteiger partial charge is 0.497 e. The first-order chi connectivity index (χ1) is 8.52. The number of hydrogen-bond acceptors (Lipinski definition) is 2. The first-order valence-corrected chi connectivity index (χ1v) is 5.92. The zero-order valence-electron chi connectivity index (χ0n) is 11.1. The quantitative estimate of drug-likeness (QED) is 0.830. The molecule has 3 nitrogen and oxygen atoms in total. The minimum atomic E-state index is -0.284. The van der Waals surface area contributed by atoms with Crippen molar-refractivity contribution in [2.24, 2.45) is 0 Å². The van der Waals surface area contributed by atoms with Crippen LogP contribution in [-0.4, -0.2) is 16.9 Å². The normalized spacial score (nSPS) is 11.0. The first kappa shape index (κ1) is 12.6. The highest BCUT2D eigenvalue weighted by Gasteiger charge is 2.14. The summed E-state index contributed by atoms with van der Waals surface area (Å²) in [6.07, 6.45) is 1.93. The van der Waals surface area contributed by atoms with E-state index in [0.29, 0.717) is 17.0 Å². The predicted octanol–water partition coefficient (Wildman–Crippen LogP) is 3.59. The van der Waals surface area contributed by atoms with E-state index in [-0.39, 0.29) is 11.9 Å². The van der Waals surface area contributed by atoms with Crippen LogP contribution >= 0.6 is 0 Å². The molecule has 0 fully saturated rings. The molecule has 0 amide bonds. The molecule has 0 radical (unpaired) electrons. The highest BCUT2D eigenvalue weighted by Crippen LogP contribution is 2.28. The van der Waals surface area contributed by atoms with Crippen LogP contribution in [0.1, 0.15) is 25.5 Å². The highest BCUT2D eigenvalue weighted by atomic mass is 19.1. The zero-order chi connectivity index (χ0) is 13.3. The van der Waals surface area contributed by atoms with Gasteiger partial charge in [-0.3, -0.25) is 4.68 Å². The Hall–Kier alpha value is -1.84. The second-order valence-electron chi connectivity index (χ2n) is 4.58. The Morgan fingerprint density at radius 2 is 2.06 bits per heavy atom. The molecule has 0 saturated carbocycles. The average Bonchev–Trinajstić information content (AvgIpc) is 2.72. The van der Waals surface area contributed by atoms with Crippen molar-refractivity contribution in [2.75, 3.05) is 7.11 Å². The number of aromatic nitrogens is 2. The topological polar surface area (TPSA) is 27.1 Å². The van der Waals surface area contributed by atoms with Gasteiger partial charge in [-0.1, -0.05) is 0 Å². The summed E-state index contributed by atoms with van der Waals surface area (Å²) in [6, 6.07) is 4.94. The van der Waals surface area contributed by atoms with E-state index in [0.717, 1.165) is 5.56 Å². The van der Waals surface area contributed by atoms with Crippen molar-refractivity contribution in [2.45, 2.75) is 26.8 Å². The van der Waals surface area contributed by atoms with Crippen LogP contribution < -0.4 is 4.74 Å².